The minimum absolute atomic E-state index is 0.0630. The number of ether oxygens (including phenoxy) is 2. The quantitative estimate of drug-likeness (QED) is 0.867. The standard InChI is InChI=1S/C16H17NO4/c1-11(2)17(16(18)14-4-3-7-19-14)9-12-5-6-13-15(8-12)21-10-20-13/h3-8,11H,9-10H2,1-2H3. The summed E-state index contributed by atoms with van der Waals surface area (Å²) in [6.07, 6.45) is 1.51. The molecule has 0 radical (unpaired) electrons. The molecule has 1 aliphatic heterocycles. The number of benzene rings is 1. The molecule has 5 nitrogen and oxygen atoms in total. The van der Waals surface area contributed by atoms with Gasteiger partial charge in [0.2, 0.25) is 6.79 Å². The van der Waals surface area contributed by atoms with Gasteiger partial charge >= 0.3 is 0 Å². The average Bonchev–Trinajstić information content (AvgIpc) is 3.14. The fraction of sp³-hybridized carbons (Fsp3) is 0.312. The summed E-state index contributed by atoms with van der Waals surface area (Å²) in [6.45, 7) is 4.70. The maximum absolute atomic E-state index is 12.5. The van der Waals surface area contributed by atoms with Gasteiger partial charge in [-0.05, 0) is 43.7 Å². The Morgan fingerprint density at radius 2 is 2.05 bits per heavy atom. The number of carbonyl (C=O) groups excluding carboxylic acids is 1. The highest BCUT2D eigenvalue weighted by Gasteiger charge is 2.22. The second-order valence-electron chi connectivity index (χ2n) is 5.19. The fourth-order valence-corrected chi connectivity index (χ4v) is 2.27. The smallest absolute Gasteiger partial charge is 0.290 e. The van der Waals surface area contributed by atoms with Crippen LogP contribution >= 0.6 is 0 Å². The zero-order valence-electron chi connectivity index (χ0n) is 12.0. The van der Waals surface area contributed by atoms with Crippen molar-refractivity contribution in [2.75, 3.05) is 6.79 Å². The molecule has 0 saturated heterocycles. The number of amides is 1. The maximum Gasteiger partial charge on any atom is 0.290 e. The van der Waals surface area contributed by atoms with Crippen LogP contribution in [0, 0.1) is 0 Å². The van der Waals surface area contributed by atoms with Gasteiger partial charge in [0.05, 0.1) is 6.26 Å². The summed E-state index contributed by atoms with van der Waals surface area (Å²) >= 11 is 0. The zero-order chi connectivity index (χ0) is 14.8. The monoisotopic (exact) mass is 287 g/mol. The van der Waals surface area contributed by atoms with Crippen LogP contribution in [0.25, 0.3) is 0 Å². The molecule has 1 aromatic carbocycles. The molecule has 1 amide bonds. The molecule has 0 atom stereocenters. The molecular weight excluding hydrogens is 270 g/mol. The Kier molecular flexibility index (Phi) is 3.56. The van der Waals surface area contributed by atoms with Crippen molar-refractivity contribution in [3.8, 4) is 11.5 Å². The van der Waals surface area contributed by atoms with Crippen molar-refractivity contribution in [3.05, 3.63) is 47.9 Å². The van der Waals surface area contributed by atoms with Crippen molar-refractivity contribution < 1.29 is 18.7 Å². The van der Waals surface area contributed by atoms with E-state index in [-0.39, 0.29) is 18.7 Å². The van der Waals surface area contributed by atoms with Gasteiger partial charge in [-0.1, -0.05) is 6.07 Å². The molecule has 0 fully saturated rings. The first-order valence-electron chi connectivity index (χ1n) is 6.88. The molecule has 3 rings (SSSR count). The Hall–Kier alpha value is -2.43. The number of carbonyl (C=O) groups is 1. The second kappa shape index (κ2) is 5.52. The number of rotatable bonds is 4. The first-order chi connectivity index (χ1) is 10.1. The van der Waals surface area contributed by atoms with Crippen molar-refractivity contribution >= 4 is 5.91 Å². The third-order valence-corrected chi connectivity index (χ3v) is 3.41. The first-order valence-corrected chi connectivity index (χ1v) is 6.88. The minimum atomic E-state index is -0.118. The van der Waals surface area contributed by atoms with E-state index in [0.717, 1.165) is 17.1 Å². The molecule has 5 heteroatoms. The highest BCUT2D eigenvalue weighted by Crippen LogP contribution is 2.33. The van der Waals surface area contributed by atoms with E-state index in [4.69, 9.17) is 13.9 Å². The number of hydrogen-bond acceptors (Lipinski definition) is 4. The normalized spacial score (nSPS) is 12.7. The molecular formula is C16H17NO4. The lowest BCUT2D eigenvalue weighted by Gasteiger charge is -2.26. The van der Waals surface area contributed by atoms with Crippen molar-refractivity contribution in [2.24, 2.45) is 0 Å². The molecule has 2 heterocycles. The third-order valence-electron chi connectivity index (χ3n) is 3.41. The predicted octanol–water partition coefficient (Wildman–Crippen LogP) is 3.06. The summed E-state index contributed by atoms with van der Waals surface area (Å²) in [5, 5.41) is 0. The number of fused-ring (bicyclic) bond motifs is 1. The molecule has 1 aliphatic rings. The predicted molar refractivity (Wildman–Crippen MR) is 76.3 cm³/mol. The van der Waals surface area contributed by atoms with Crippen molar-refractivity contribution in [2.45, 2.75) is 26.4 Å². The van der Waals surface area contributed by atoms with Crippen LogP contribution in [-0.4, -0.2) is 23.6 Å². The number of hydrogen-bond donors (Lipinski definition) is 0. The van der Waals surface area contributed by atoms with Crippen LogP contribution in [0.2, 0.25) is 0 Å². The molecule has 0 saturated carbocycles. The van der Waals surface area contributed by atoms with Crippen LogP contribution in [0.4, 0.5) is 0 Å². The van der Waals surface area contributed by atoms with Gasteiger partial charge in [-0.2, -0.15) is 0 Å². The lowest BCUT2D eigenvalue weighted by atomic mass is 10.1. The van der Waals surface area contributed by atoms with E-state index in [9.17, 15) is 4.79 Å². The summed E-state index contributed by atoms with van der Waals surface area (Å²) < 4.78 is 15.9. The lowest BCUT2D eigenvalue weighted by molar-refractivity contribution is 0.0657. The molecule has 1 aromatic heterocycles. The molecule has 0 spiro atoms. The highest BCUT2D eigenvalue weighted by molar-refractivity contribution is 5.91. The van der Waals surface area contributed by atoms with E-state index < -0.39 is 0 Å². The Morgan fingerprint density at radius 1 is 1.24 bits per heavy atom. The Labute approximate surface area is 123 Å². The summed E-state index contributed by atoms with van der Waals surface area (Å²) in [6, 6.07) is 9.18. The van der Waals surface area contributed by atoms with Gasteiger partial charge < -0.3 is 18.8 Å². The molecule has 0 bridgehead atoms. The molecule has 110 valence electrons. The largest absolute Gasteiger partial charge is 0.459 e. The van der Waals surface area contributed by atoms with E-state index in [1.54, 1.807) is 17.0 Å². The number of furan rings is 1. The van der Waals surface area contributed by atoms with E-state index in [1.807, 2.05) is 32.0 Å². The topological polar surface area (TPSA) is 51.9 Å². The van der Waals surface area contributed by atoms with Gasteiger partial charge in [0, 0.05) is 12.6 Å². The van der Waals surface area contributed by atoms with E-state index in [0.29, 0.717) is 12.3 Å². The zero-order valence-corrected chi connectivity index (χ0v) is 12.0. The molecule has 0 N–H and O–H groups in total. The van der Waals surface area contributed by atoms with Crippen molar-refractivity contribution in [1.82, 2.24) is 4.90 Å². The van der Waals surface area contributed by atoms with Crippen LogP contribution < -0.4 is 9.47 Å². The Balaban J connectivity index is 1.81. The molecule has 2 aromatic rings. The summed E-state index contributed by atoms with van der Waals surface area (Å²) in [7, 11) is 0. The summed E-state index contributed by atoms with van der Waals surface area (Å²) in [5.41, 5.74) is 0.993. The average molecular weight is 287 g/mol. The third kappa shape index (κ3) is 2.72. The van der Waals surface area contributed by atoms with Crippen LogP contribution in [0.3, 0.4) is 0 Å². The van der Waals surface area contributed by atoms with Gasteiger partial charge in [-0.25, -0.2) is 0 Å². The molecule has 0 unspecified atom stereocenters. The van der Waals surface area contributed by atoms with Crippen LogP contribution in [0.1, 0.15) is 30.0 Å². The minimum Gasteiger partial charge on any atom is -0.459 e. The number of nitrogens with zero attached hydrogens (tertiary/aromatic N) is 1. The summed E-state index contributed by atoms with van der Waals surface area (Å²) in [4.78, 5) is 14.2. The van der Waals surface area contributed by atoms with Gasteiger partial charge in [-0.3, -0.25) is 4.79 Å². The van der Waals surface area contributed by atoms with Crippen molar-refractivity contribution in [1.29, 1.82) is 0 Å². The van der Waals surface area contributed by atoms with Gasteiger partial charge in [0.1, 0.15) is 0 Å². The van der Waals surface area contributed by atoms with Crippen LogP contribution in [0.15, 0.2) is 41.0 Å². The van der Waals surface area contributed by atoms with Crippen molar-refractivity contribution in [3.63, 3.8) is 0 Å². The Bertz CT molecular complexity index is 634. The lowest BCUT2D eigenvalue weighted by Crippen LogP contribution is -2.36. The highest BCUT2D eigenvalue weighted by atomic mass is 16.7. The van der Waals surface area contributed by atoms with Gasteiger partial charge in [0.25, 0.3) is 5.91 Å². The SMILES string of the molecule is CC(C)N(Cc1ccc2c(c1)OCO2)C(=O)c1ccco1. The van der Waals surface area contributed by atoms with Gasteiger partial charge in [0.15, 0.2) is 17.3 Å². The van der Waals surface area contributed by atoms with Gasteiger partial charge in [-0.15, -0.1) is 0 Å². The molecule has 0 aliphatic carbocycles. The van der Waals surface area contributed by atoms with E-state index >= 15 is 0 Å². The van der Waals surface area contributed by atoms with Crippen LogP contribution in [-0.2, 0) is 6.54 Å². The van der Waals surface area contributed by atoms with E-state index in [2.05, 4.69) is 0 Å². The Morgan fingerprint density at radius 3 is 2.76 bits per heavy atom. The maximum atomic E-state index is 12.5. The summed E-state index contributed by atoms with van der Waals surface area (Å²) in [5.74, 6) is 1.70. The second-order valence-corrected chi connectivity index (χ2v) is 5.19. The van der Waals surface area contributed by atoms with Crippen LogP contribution in [0.5, 0.6) is 11.5 Å². The fourth-order valence-electron chi connectivity index (χ4n) is 2.27. The van der Waals surface area contributed by atoms with E-state index in [1.165, 1.54) is 6.26 Å². The first kappa shape index (κ1) is 13.5. The molecule has 21 heavy (non-hydrogen) atoms.